The Morgan fingerprint density at radius 1 is 1.28 bits per heavy atom. The summed E-state index contributed by atoms with van der Waals surface area (Å²) in [6, 6.07) is 9.47. The molecule has 0 aliphatic rings. The molecule has 0 bridgehead atoms. The predicted octanol–water partition coefficient (Wildman–Crippen LogP) is 2.21. The lowest BCUT2D eigenvalue weighted by Crippen LogP contribution is -2.06. The summed E-state index contributed by atoms with van der Waals surface area (Å²) in [6.45, 7) is 2.62. The van der Waals surface area contributed by atoms with Crippen LogP contribution in [0.1, 0.15) is 21.6 Å². The average Bonchev–Trinajstić information content (AvgIpc) is 2.73. The minimum Gasteiger partial charge on any atom is -0.465 e. The fourth-order valence-corrected chi connectivity index (χ4v) is 1.87. The molecular weight excluding hydrogens is 228 g/mol. The largest absolute Gasteiger partial charge is 0.465 e. The Bertz CT molecular complexity index is 556. The molecule has 2 N–H and O–H groups in total. The molecule has 94 valence electrons. The first-order valence-electron chi connectivity index (χ1n) is 5.70. The van der Waals surface area contributed by atoms with Gasteiger partial charge >= 0.3 is 5.97 Å². The molecule has 0 atom stereocenters. The van der Waals surface area contributed by atoms with Crippen molar-refractivity contribution in [2.24, 2.45) is 0 Å². The molecule has 18 heavy (non-hydrogen) atoms. The molecule has 0 aliphatic heterocycles. The summed E-state index contributed by atoms with van der Waals surface area (Å²) in [7, 11) is 1.39. The van der Waals surface area contributed by atoms with Gasteiger partial charge in [-0.1, -0.05) is 12.1 Å². The molecule has 1 heterocycles. The van der Waals surface area contributed by atoms with Crippen molar-refractivity contribution in [1.29, 1.82) is 0 Å². The lowest BCUT2D eigenvalue weighted by Gasteiger charge is -2.07. The number of hydrogen-bond acceptors (Lipinski definition) is 3. The number of ether oxygens (including phenoxy) is 1. The van der Waals surface area contributed by atoms with Gasteiger partial charge in [0.2, 0.25) is 0 Å². The molecule has 4 nitrogen and oxygen atoms in total. The molecule has 0 radical (unpaired) electrons. The van der Waals surface area contributed by atoms with Crippen molar-refractivity contribution in [3.63, 3.8) is 0 Å². The van der Waals surface area contributed by atoms with Crippen molar-refractivity contribution in [2.45, 2.75) is 13.5 Å². The molecule has 0 spiro atoms. The van der Waals surface area contributed by atoms with Gasteiger partial charge in [0.05, 0.1) is 12.7 Å². The lowest BCUT2D eigenvalue weighted by atomic mass is 10.2. The number of nitrogens with zero attached hydrogens (tertiary/aromatic N) is 1. The van der Waals surface area contributed by atoms with Gasteiger partial charge in [0.15, 0.2) is 0 Å². The first kappa shape index (κ1) is 12.2. The summed E-state index contributed by atoms with van der Waals surface area (Å²) in [4.78, 5) is 11.5. The first-order valence-corrected chi connectivity index (χ1v) is 5.70. The molecular formula is C14H16N2O2. The number of carbonyl (C=O) groups excluding carboxylic acids is 1. The van der Waals surface area contributed by atoms with Gasteiger partial charge in [-0.05, 0) is 30.7 Å². The Labute approximate surface area is 106 Å². The van der Waals surface area contributed by atoms with Gasteiger partial charge < -0.3 is 15.0 Å². The van der Waals surface area contributed by atoms with Gasteiger partial charge in [0.1, 0.15) is 0 Å². The summed E-state index contributed by atoms with van der Waals surface area (Å²) >= 11 is 0. The molecule has 0 amide bonds. The van der Waals surface area contributed by atoms with E-state index in [0.717, 1.165) is 16.9 Å². The van der Waals surface area contributed by atoms with Crippen LogP contribution in [0.2, 0.25) is 0 Å². The summed E-state index contributed by atoms with van der Waals surface area (Å²) in [5, 5.41) is 0. The number of nitrogen functional groups attached to an aromatic ring is 1. The Morgan fingerprint density at radius 2 is 1.94 bits per heavy atom. The highest BCUT2D eigenvalue weighted by atomic mass is 16.5. The van der Waals surface area contributed by atoms with E-state index in [1.54, 1.807) is 6.07 Å². The van der Waals surface area contributed by atoms with Crippen molar-refractivity contribution >= 4 is 11.7 Å². The van der Waals surface area contributed by atoms with Crippen LogP contribution in [-0.4, -0.2) is 17.6 Å². The minimum atomic E-state index is -0.302. The second-order valence-electron chi connectivity index (χ2n) is 4.18. The summed E-state index contributed by atoms with van der Waals surface area (Å²) in [5.74, 6) is -0.302. The van der Waals surface area contributed by atoms with Crippen LogP contribution in [0.4, 0.5) is 5.69 Å². The van der Waals surface area contributed by atoms with Crippen molar-refractivity contribution in [3.05, 3.63) is 53.3 Å². The standard InChI is InChI=1S/C14H16N2O2/c1-10-13(14(17)18-2)7-8-16(10)9-11-3-5-12(15)6-4-11/h3-8H,9,15H2,1-2H3. The second kappa shape index (κ2) is 4.96. The van der Waals surface area contributed by atoms with Crippen molar-refractivity contribution in [1.82, 2.24) is 4.57 Å². The Balaban J connectivity index is 2.22. The maximum Gasteiger partial charge on any atom is 0.339 e. The molecule has 0 aliphatic carbocycles. The smallest absolute Gasteiger partial charge is 0.339 e. The normalized spacial score (nSPS) is 10.3. The highest BCUT2D eigenvalue weighted by molar-refractivity contribution is 5.90. The van der Waals surface area contributed by atoms with Crippen LogP contribution in [0.15, 0.2) is 36.5 Å². The number of aromatic nitrogens is 1. The number of esters is 1. The van der Waals surface area contributed by atoms with Crippen LogP contribution in [0.5, 0.6) is 0 Å². The van der Waals surface area contributed by atoms with E-state index in [4.69, 9.17) is 10.5 Å². The van der Waals surface area contributed by atoms with Crippen LogP contribution >= 0.6 is 0 Å². The van der Waals surface area contributed by atoms with Gasteiger partial charge in [0.25, 0.3) is 0 Å². The topological polar surface area (TPSA) is 57.2 Å². The van der Waals surface area contributed by atoms with Gasteiger partial charge in [-0.15, -0.1) is 0 Å². The highest BCUT2D eigenvalue weighted by Gasteiger charge is 2.12. The third-order valence-corrected chi connectivity index (χ3v) is 2.98. The van der Waals surface area contributed by atoms with Gasteiger partial charge in [0, 0.05) is 24.1 Å². The van der Waals surface area contributed by atoms with Crippen molar-refractivity contribution < 1.29 is 9.53 Å². The summed E-state index contributed by atoms with van der Waals surface area (Å²) in [5.41, 5.74) is 9.04. The van der Waals surface area contributed by atoms with Crippen molar-refractivity contribution in [2.75, 3.05) is 12.8 Å². The van der Waals surface area contributed by atoms with Crippen LogP contribution < -0.4 is 5.73 Å². The van der Waals surface area contributed by atoms with E-state index < -0.39 is 0 Å². The number of methoxy groups -OCH3 is 1. The van der Waals surface area contributed by atoms with E-state index in [1.807, 2.05) is 42.0 Å². The predicted molar refractivity (Wildman–Crippen MR) is 70.5 cm³/mol. The Kier molecular flexibility index (Phi) is 3.37. The van der Waals surface area contributed by atoms with Gasteiger partial charge in [-0.3, -0.25) is 0 Å². The van der Waals surface area contributed by atoms with Crippen LogP contribution in [0.3, 0.4) is 0 Å². The third-order valence-electron chi connectivity index (χ3n) is 2.98. The van der Waals surface area contributed by atoms with E-state index in [-0.39, 0.29) is 5.97 Å². The van der Waals surface area contributed by atoms with Crippen LogP contribution in [0.25, 0.3) is 0 Å². The molecule has 0 unspecified atom stereocenters. The fraction of sp³-hybridized carbons (Fsp3) is 0.214. The highest BCUT2D eigenvalue weighted by Crippen LogP contribution is 2.14. The first-order chi connectivity index (χ1) is 8.61. The minimum absolute atomic E-state index is 0.302. The van der Waals surface area contributed by atoms with E-state index in [0.29, 0.717) is 12.1 Å². The van der Waals surface area contributed by atoms with Crippen molar-refractivity contribution in [3.8, 4) is 0 Å². The number of rotatable bonds is 3. The number of carbonyl (C=O) groups is 1. The second-order valence-corrected chi connectivity index (χ2v) is 4.18. The number of anilines is 1. The van der Waals surface area contributed by atoms with E-state index in [9.17, 15) is 4.79 Å². The lowest BCUT2D eigenvalue weighted by molar-refractivity contribution is 0.0600. The molecule has 0 saturated heterocycles. The Hall–Kier alpha value is -2.23. The monoisotopic (exact) mass is 244 g/mol. The number of hydrogen-bond donors (Lipinski definition) is 1. The molecule has 2 rings (SSSR count). The van der Waals surface area contributed by atoms with E-state index in [2.05, 4.69) is 0 Å². The maximum atomic E-state index is 11.5. The zero-order chi connectivity index (χ0) is 13.1. The molecule has 0 saturated carbocycles. The van der Waals surface area contributed by atoms with Crippen LogP contribution in [-0.2, 0) is 11.3 Å². The Morgan fingerprint density at radius 3 is 2.56 bits per heavy atom. The average molecular weight is 244 g/mol. The van der Waals surface area contributed by atoms with Crippen LogP contribution in [0, 0.1) is 6.92 Å². The molecule has 2 aromatic rings. The zero-order valence-electron chi connectivity index (χ0n) is 10.5. The fourth-order valence-electron chi connectivity index (χ4n) is 1.87. The SMILES string of the molecule is COC(=O)c1ccn(Cc2ccc(N)cc2)c1C. The third kappa shape index (κ3) is 2.37. The van der Waals surface area contributed by atoms with E-state index in [1.165, 1.54) is 7.11 Å². The number of benzene rings is 1. The summed E-state index contributed by atoms with van der Waals surface area (Å²) < 4.78 is 6.74. The maximum absolute atomic E-state index is 11.5. The van der Waals surface area contributed by atoms with E-state index >= 15 is 0 Å². The summed E-state index contributed by atoms with van der Waals surface area (Å²) in [6.07, 6.45) is 1.89. The quantitative estimate of drug-likeness (QED) is 0.665. The zero-order valence-corrected chi connectivity index (χ0v) is 10.5. The molecule has 1 aromatic heterocycles. The molecule has 1 aromatic carbocycles. The molecule has 0 fully saturated rings. The van der Waals surface area contributed by atoms with Gasteiger partial charge in [-0.2, -0.15) is 0 Å². The number of nitrogens with two attached hydrogens (primary N) is 1. The van der Waals surface area contributed by atoms with Gasteiger partial charge in [-0.25, -0.2) is 4.79 Å². The molecule has 4 heteroatoms.